The van der Waals surface area contributed by atoms with E-state index >= 15 is 0 Å². The third-order valence-corrected chi connectivity index (χ3v) is 9.20. The number of allylic oxidation sites excluding steroid dienone is 2. The molecular formula is C26H38O10. The van der Waals surface area contributed by atoms with Crippen molar-refractivity contribution in [3.8, 4) is 0 Å². The molecule has 4 rings (SSSR count). The van der Waals surface area contributed by atoms with Crippen molar-refractivity contribution >= 4 is 11.9 Å². The summed E-state index contributed by atoms with van der Waals surface area (Å²) in [6.07, 6.45) is -3.95. The van der Waals surface area contributed by atoms with Gasteiger partial charge in [0, 0.05) is 5.41 Å². The van der Waals surface area contributed by atoms with Crippen LogP contribution >= 0.6 is 0 Å². The van der Waals surface area contributed by atoms with Gasteiger partial charge in [-0.05, 0) is 31.1 Å². The molecule has 0 bridgehead atoms. The Labute approximate surface area is 210 Å². The lowest BCUT2D eigenvalue weighted by atomic mass is 9.48. The molecule has 36 heavy (non-hydrogen) atoms. The van der Waals surface area contributed by atoms with Crippen molar-refractivity contribution in [1.29, 1.82) is 0 Å². The predicted octanol–water partition coefficient (Wildman–Crippen LogP) is 0.341. The maximum absolute atomic E-state index is 13.8. The van der Waals surface area contributed by atoms with Gasteiger partial charge in [0.05, 0.1) is 29.6 Å². The molecule has 2 heterocycles. The lowest BCUT2D eigenvalue weighted by molar-refractivity contribution is -0.292. The molecule has 0 unspecified atom stereocenters. The van der Waals surface area contributed by atoms with E-state index in [4.69, 9.17) is 14.2 Å². The summed E-state index contributed by atoms with van der Waals surface area (Å²) in [6, 6.07) is 0. The second kappa shape index (κ2) is 8.89. The van der Waals surface area contributed by atoms with Crippen LogP contribution in [0.2, 0.25) is 0 Å². The molecular weight excluding hydrogens is 472 g/mol. The average molecular weight is 511 g/mol. The van der Waals surface area contributed by atoms with Gasteiger partial charge in [-0.2, -0.15) is 0 Å². The largest absolute Gasteiger partial charge is 0.453 e. The highest BCUT2D eigenvalue weighted by Crippen LogP contribution is 2.66. The minimum atomic E-state index is -1.79. The smallest absolute Gasteiger partial charge is 0.340 e. The van der Waals surface area contributed by atoms with Crippen LogP contribution < -0.4 is 0 Å². The van der Waals surface area contributed by atoms with Crippen molar-refractivity contribution < 1.29 is 49.3 Å². The summed E-state index contributed by atoms with van der Waals surface area (Å²) >= 11 is 0. The summed E-state index contributed by atoms with van der Waals surface area (Å²) in [5.41, 5.74) is -3.78. The molecule has 5 N–H and O–H groups in total. The Morgan fingerprint density at radius 1 is 1.11 bits per heavy atom. The van der Waals surface area contributed by atoms with Gasteiger partial charge in [-0.15, -0.1) is 6.58 Å². The van der Waals surface area contributed by atoms with E-state index in [0.29, 0.717) is 19.3 Å². The molecule has 10 heteroatoms. The van der Waals surface area contributed by atoms with Crippen LogP contribution in [0.1, 0.15) is 53.4 Å². The normalized spacial score (nSPS) is 48.1. The molecule has 3 fully saturated rings. The first-order valence-corrected chi connectivity index (χ1v) is 12.5. The quantitative estimate of drug-likeness (QED) is 0.263. The van der Waals surface area contributed by atoms with E-state index in [1.54, 1.807) is 19.1 Å². The Hall–Kier alpha value is -1.82. The molecule has 10 atom stereocenters. The second-order valence-corrected chi connectivity index (χ2v) is 11.9. The van der Waals surface area contributed by atoms with E-state index in [9.17, 15) is 35.1 Å². The van der Waals surface area contributed by atoms with Crippen LogP contribution in [0.5, 0.6) is 0 Å². The molecule has 0 amide bonds. The topological polar surface area (TPSA) is 163 Å². The zero-order chi connectivity index (χ0) is 26.8. The highest BCUT2D eigenvalue weighted by atomic mass is 16.7. The standard InChI is InChI=1S/C26H38O10/c1-6-24(4)9-10-26(25(5)15(28)7-8-23(2,3)19(25)21(33)36-26)13(11-24)20(32)35-22-18(31)17(30)16(29)14(12-27)34-22/h6,11,14-19,22,27-31H,1,7-10,12H2,2-5H3/t14-,15+,16-,17+,18-,19-,22+,24+,25+,26-/m1/s1. The molecule has 2 aliphatic heterocycles. The van der Waals surface area contributed by atoms with Crippen LogP contribution in [0, 0.1) is 22.2 Å². The maximum Gasteiger partial charge on any atom is 0.340 e. The van der Waals surface area contributed by atoms with Gasteiger partial charge in [-0.1, -0.05) is 39.8 Å². The lowest BCUT2D eigenvalue weighted by Gasteiger charge is -2.55. The lowest BCUT2D eigenvalue weighted by Crippen LogP contribution is -2.62. The second-order valence-electron chi connectivity index (χ2n) is 11.9. The number of hydrogen-bond donors (Lipinski definition) is 5. The van der Waals surface area contributed by atoms with Gasteiger partial charge in [0.2, 0.25) is 6.29 Å². The van der Waals surface area contributed by atoms with E-state index in [1.807, 2.05) is 20.8 Å². The Kier molecular flexibility index (Phi) is 6.72. The Balaban J connectivity index is 1.77. The van der Waals surface area contributed by atoms with Gasteiger partial charge in [-0.25, -0.2) is 4.79 Å². The van der Waals surface area contributed by atoms with E-state index in [-0.39, 0.29) is 12.0 Å². The molecule has 4 aliphatic rings. The molecule has 0 radical (unpaired) electrons. The fraction of sp³-hybridized carbons (Fsp3) is 0.769. The average Bonchev–Trinajstić information content (AvgIpc) is 3.07. The van der Waals surface area contributed by atoms with Crippen LogP contribution in [0.15, 0.2) is 24.3 Å². The number of esters is 2. The summed E-state index contributed by atoms with van der Waals surface area (Å²) in [5, 5.41) is 51.4. The van der Waals surface area contributed by atoms with Gasteiger partial charge < -0.3 is 39.7 Å². The molecule has 2 saturated heterocycles. The van der Waals surface area contributed by atoms with Gasteiger partial charge in [-0.3, -0.25) is 4.79 Å². The number of hydrogen-bond acceptors (Lipinski definition) is 10. The Morgan fingerprint density at radius 3 is 2.39 bits per heavy atom. The zero-order valence-corrected chi connectivity index (χ0v) is 21.2. The minimum absolute atomic E-state index is 0.00297. The molecule has 2 aliphatic carbocycles. The number of aliphatic hydroxyl groups excluding tert-OH is 5. The zero-order valence-electron chi connectivity index (χ0n) is 21.2. The third kappa shape index (κ3) is 3.76. The summed E-state index contributed by atoms with van der Waals surface area (Å²) < 4.78 is 16.9. The van der Waals surface area contributed by atoms with Gasteiger partial charge >= 0.3 is 11.9 Å². The first-order valence-electron chi connectivity index (χ1n) is 12.5. The first kappa shape index (κ1) is 27.2. The SMILES string of the molecule is C=C[C@]1(C)C=C(C(=O)O[C@@H]2O[C@H](CO)[C@@H](O)[C@H](O)[C@H]2O)[C@@]2(CC1)OC(=O)[C@@H]1C(C)(C)CC[C@H](O)[C@@]12C. The first-order chi connectivity index (χ1) is 16.7. The van der Waals surface area contributed by atoms with Crippen LogP contribution in [0.4, 0.5) is 0 Å². The minimum Gasteiger partial charge on any atom is -0.453 e. The van der Waals surface area contributed by atoms with Crippen molar-refractivity contribution in [3.63, 3.8) is 0 Å². The maximum atomic E-state index is 13.8. The number of fused-ring (bicyclic) bond motifs is 2. The van der Waals surface area contributed by atoms with E-state index in [2.05, 4.69) is 6.58 Å². The van der Waals surface area contributed by atoms with E-state index < -0.39 is 83.1 Å². The van der Waals surface area contributed by atoms with E-state index in [0.717, 1.165) is 0 Å². The van der Waals surface area contributed by atoms with Crippen LogP contribution in [0.25, 0.3) is 0 Å². The highest BCUT2D eigenvalue weighted by molar-refractivity contribution is 5.94. The van der Waals surface area contributed by atoms with Gasteiger partial charge in [0.25, 0.3) is 0 Å². The number of carbonyl (C=O) groups excluding carboxylic acids is 2. The summed E-state index contributed by atoms with van der Waals surface area (Å²) in [6.45, 7) is 10.7. The third-order valence-electron chi connectivity index (χ3n) is 9.20. The summed E-state index contributed by atoms with van der Waals surface area (Å²) in [7, 11) is 0. The molecule has 1 saturated carbocycles. The van der Waals surface area contributed by atoms with Gasteiger partial charge in [0.1, 0.15) is 24.4 Å². The predicted molar refractivity (Wildman–Crippen MR) is 125 cm³/mol. The van der Waals surface area contributed by atoms with Crippen LogP contribution in [-0.2, 0) is 23.8 Å². The van der Waals surface area contributed by atoms with Crippen molar-refractivity contribution in [3.05, 3.63) is 24.3 Å². The van der Waals surface area contributed by atoms with Crippen molar-refractivity contribution in [2.45, 2.75) is 95.8 Å². The van der Waals surface area contributed by atoms with Crippen molar-refractivity contribution in [2.24, 2.45) is 22.2 Å². The summed E-state index contributed by atoms with van der Waals surface area (Å²) in [5.74, 6) is -2.13. The van der Waals surface area contributed by atoms with Crippen molar-refractivity contribution in [2.75, 3.05) is 6.61 Å². The number of aliphatic hydroxyl groups is 5. The van der Waals surface area contributed by atoms with E-state index in [1.165, 1.54) is 0 Å². The summed E-state index contributed by atoms with van der Waals surface area (Å²) in [4.78, 5) is 27.1. The van der Waals surface area contributed by atoms with Crippen LogP contribution in [0.3, 0.4) is 0 Å². The fourth-order valence-electron chi connectivity index (χ4n) is 6.85. The molecule has 1 spiro atoms. The highest BCUT2D eigenvalue weighted by Gasteiger charge is 2.74. The molecule has 10 nitrogen and oxygen atoms in total. The Bertz CT molecular complexity index is 958. The molecule has 0 aromatic carbocycles. The monoisotopic (exact) mass is 510 g/mol. The van der Waals surface area contributed by atoms with Gasteiger partial charge in [0.15, 0.2) is 5.60 Å². The van der Waals surface area contributed by atoms with Crippen LogP contribution in [-0.4, -0.2) is 86.5 Å². The number of rotatable bonds is 4. The molecule has 202 valence electrons. The number of ether oxygens (including phenoxy) is 3. The Morgan fingerprint density at radius 2 is 1.78 bits per heavy atom. The molecule has 0 aromatic rings. The fourth-order valence-corrected chi connectivity index (χ4v) is 6.85. The number of carbonyl (C=O) groups is 2. The molecule has 0 aromatic heterocycles. The van der Waals surface area contributed by atoms with Crippen molar-refractivity contribution in [1.82, 2.24) is 0 Å².